The van der Waals surface area contributed by atoms with Gasteiger partial charge in [-0.15, -0.1) is 0 Å². The van der Waals surface area contributed by atoms with Crippen molar-refractivity contribution in [3.05, 3.63) is 35.4 Å². The highest BCUT2D eigenvalue weighted by Crippen LogP contribution is 2.26. The normalized spacial score (nSPS) is 19.9. The summed E-state index contributed by atoms with van der Waals surface area (Å²) in [5.74, 6) is 0.868. The van der Waals surface area contributed by atoms with E-state index in [9.17, 15) is 0 Å². The maximum atomic E-state index is 5.46. The molecule has 2 N–H and O–H groups in total. The number of morpholine rings is 1. The average Bonchev–Trinajstić information content (AvgIpc) is 3.54. The zero-order valence-electron chi connectivity index (χ0n) is 17.1. The summed E-state index contributed by atoms with van der Waals surface area (Å²) in [6, 6.07) is 9.97. The van der Waals surface area contributed by atoms with E-state index in [0.29, 0.717) is 6.04 Å². The molecular weight excluding hydrogens is 338 g/mol. The standard InChI is InChI=1S/C21H35N5O/c1-17(25(3)20-8-9-20)14-23-21(22-2)24-15-18-6-4-5-7-19(18)16-26-10-12-27-13-11-26/h4-7,17,20H,8-16H2,1-3H3,(H2,22,23,24). The number of aliphatic imine (C=N–C) groups is 1. The SMILES string of the molecule is CN=C(NCc1ccccc1CN1CCOCC1)NCC(C)N(C)C1CC1. The van der Waals surface area contributed by atoms with Crippen LogP contribution in [-0.2, 0) is 17.8 Å². The van der Waals surface area contributed by atoms with E-state index >= 15 is 0 Å². The third kappa shape index (κ3) is 6.19. The summed E-state index contributed by atoms with van der Waals surface area (Å²) in [6.45, 7) is 8.64. The van der Waals surface area contributed by atoms with Crippen molar-refractivity contribution in [3.8, 4) is 0 Å². The monoisotopic (exact) mass is 373 g/mol. The molecule has 3 rings (SSSR count). The molecule has 2 aliphatic rings. The number of nitrogens with one attached hydrogen (secondary N) is 2. The molecule has 1 heterocycles. The van der Waals surface area contributed by atoms with Crippen molar-refractivity contribution in [1.29, 1.82) is 0 Å². The van der Waals surface area contributed by atoms with Crippen LogP contribution in [0.2, 0.25) is 0 Å². The summed E-state index contributed by atoms with van der Waals surface area (Å²) >= 11 is 0. The Hall–Kier alpha value is -1.63. The second kappa shape index (κ2) is 10.1. The highest BCUT2D eigenvalue weighted by molar-refractivity contribution is 5.79. The van der Waals surface area contributed by atoms with E-state index in [0.717, 1.165) is 57.9 Å². The number of benzene rings is 1. The molecule has 1 aliphatic heterocycles. The number of nitrogens with zero attached hydrogens (tertiary/aromatic N) is 3. The third-order valence-electron chi connectivity index (χ3n) is 5.67. The van der Waals surface area contributed by atoms with Gasteiger partial charge in [-0.2, -0.15) is 0 Å². The van der Waals surface area contributed by atoms with Gasteiger partial charge in [-0.1, -0.05) is 24.3 Å². The Balaban J connectivity index is 1.48. The fraction of sp³-hybridized carbons (Fsp3) is 0.667. The van der Waals surface area contributed by atoms with Crippen molar-refractivity contribution in [2.45, 2.75) is 44.9 Å². The lowest BCUT2D eigenvalue weighted by Crippen LogP contribution is -2.45. The molecule has 0 amide bonds. The third-order valence-corrected chi connectivity index (χ3v) is 5.67. The lowest BCUT2D eigenvalue weighted by molar-refractivity contribution is 0.0341. The molecule has 1 saturated carbocycles. The number of hydrogen-bond donors (Lipinski definition) is 2. The molecule has 1 aliphatic carbocycles. The predicted molar refractivity (Wildman–Crippen MR) is 111 cm³/mol. The van der Waals surface area contributed by atoms with Crippen LogP contribution in [-0.4, -0.2) is 74.8 Å². The van der Waals surface area contributed by atoms with E-state index in [1.54, 1.807) is 0 Å². The largest absolute Gasteiger partial charge is 0.379 e. The van der Waals surface area contributed by atoms with Crippen LogP contribution in [0, 0.1) is 0 Å². The van der Waals surface area contributed by atoms with E-state index in [-0.39, 0.29) is 0 Å². The van der Waals surface area contributed by atoms with Gasteiger partial charge in [0.2, 0.25) is 0 Å². The summed E-state index contributed by atoms with van der Waals surface area (Å²) in [6.07, 6.45) is 2.68. The molecule has 2 fully saturated rings. The van der Waals surface area contributed by atoms with Crippen molar-refractivity contribution < 1.29 is 4.74 Å². The Morgan fingerprint density at radius 1 is 1.22 bits per heavy atom. The van der Waals surface area contributed by atoms with Crippen LogP contribution in [0.1, 0.15) is 30.9 Å². The average molecular weight is 374 g/mol. The van der Waals surface area contributed by atoms with Crippen LogP contribution in [0.3, 0.4) is 0 Å². The van der Waals surface area contributed by atoms with Gasteiger partial charge in [0.05, 0.1) is 13.2 Å². The fourth-order valence-corrected chi connectivity index (χ4v) is 3.51. The van der Waals surface area contributed by atoms with Gasteiger partial charge in [-0.05, 0) is 37.9 Å². The quantitative estimate of drug-likeness (QED) is 0.536. The highest BCUT2D eigenvalue weighted by atomic mass is 16.5. The second-order valence-electron chi connectivity index (χ2n) is 7.71. The van der Waals surface area contributed by atoms with E-state index in [1.807, 2.05) is 7.05 Å². The Bertz CT molecular complexity index is 610. The zero-order valence-corrected chi connectivity index (χ0v) is 17.1. The van der Waals surface area contributed by atoms with Gasteiger partial charge in [-0.25, -0.2) is 0 Å². The van der Waals surface area contributed by atoms with E-state index in [1.165, 1.54) is 24.0 Å². The number of likely N-dealkylation sites (N-methyl/N-ethyl adjacent to an activating group) is 1. The van der Waals surface area contributed by atoms with Gasteiger partial charge in [0, 0.05) is 51.9 Å². The van der Waals surface area contributed by atoms with Crippen molar-refractivity contribution in [2.24, 2.45) is 4.99 Å². The van der Waals surface area contributed by atoms with Crippen LogP contribution >= 0.6 is 0 Å². The van der Waals surface area contributed by atoms with Gasteiger partial charge >= 0.3 is 0 Å². The molecule has 1 aromatic rings. The van der Waals surface area contributed by atoms with Crippen LogP contribution in [0.4, 0.5) is 0 Å². The van der Waals surface area contributed by atoms with E-state index < -0.39 is 0 Å². The molecule has 0 radical (unpaired) electrons. The Kier molecular flexibility index (Phi) is 7.50. The van der Waals surface area contributed by atoms with Crippen molar-refractivity contribution >= 4 is 5.96 Å². The summed E-state index contributed by atoms with van der Waals surface area (Å²) in [5.41, 5.74) is 2.71. The first-order chi connectivity index (χ1) is 13.2. The molecular formula is C21H35N5O. The van der Waals surface area contributed by atoms with Crippen LogP contribution in [0.15, 0.2) is 29.3 Å². The molecule has 0 spiro atoms. The molecule has 0 bridgehead atoms. The summed E-state index contributed by atoms with van der Waals surface area (Å²) in [4.78, 5) is 9.32. The van der Waals surface area contributed by atoms with Crippen LogP contribution in [0.25, 0.3) is 0 Å². The van der Waals surface area contributed by atoms with Crippen molar-refractivity contribution in [3.63, 3.8) is 0 Å². The minimum Gasteiger partial charge on any atom is -0.379 e. The van der Waals surface area contributed by atoms with Gasteiger partial charge < -0.3 is 15.4 Å². The molecule has 150 valence electrons. The molecule has 6 heteroatoms. The molecule has 1 atom stereocenters. The molecule has 1 unspecified atom stereocenters. The summed E-state index contributed by atoms with van der Waals surface area (Å²) in [5, 5.41) is 6.95. The van der Waals surface area contributed by atoms with Gasteiger partial charge in [0.1, 0.15) is 0 Å². The molecule has 27 heavy (non-hydrogen) atoms. The van der Waals surface area contributed by atoms with Gasteiger partial charge in [0.15, 0.2) is 5.96 Å². The molecule has 1 aromatic carbocycles. The Labute approximate surface area is 164 Å². The number of rotatable bonds is 8. The first kappa shape index (κ1) is 20.1. The second-order valence-corrected chi connectivity index (χ2v) is 7.71. The fourth-order valence-electron chi connectivity index (χ4n) is 3.51. The lowest BCUT2D eigenvalue weighted by atomic mass is 10.1. The summed E-state index contributed by atoms with van der Waals surface area (Å²) in [7, 11) is 4.06. The lowest BCUT2D eigenvalue weighted by Gasteiger charge is -2.27. The van der Waals surface area contributed by atoms with E-state index in [4.69, 9.17) is 4.74 Å². The first-order valence-corrected chi connectivity index (χ1v) is 10.2. The zero-order chi connectivity index (χ0) is 19.1. The number of ether oxygens (including phenoxy) is 1. The van der Waals surface area contributed by atoms with Gasteiger partial charge in [-0.3, -0.25) is 14.8 Å². The maximum Gasteiger partial charge on any atom is 0.191 e. The Morgan fingerprint density at radius 2 is 1.93 bits per heavy atom. The molecule has 0 aromatic heterocycles. The minimum absolute atomic E-state index is 0.504. The van der Waals surface area contributed by atoms with Crippen molar-refractivity contribution in [1.82, 2.24) is 20.4 Å². The van der Waals surface area contributed by atoms with Crippen molar-refractivity contribution in [2.75, 3.05) is 46.9 Å². The number of guanidine groups is 1. The predicted octanol–water partition coefficient (Wildman–Crippen LogP) is 1.67. The molecule has 6 nitrogen and oxygen atoms in total. The van der Waals surface area contributed by atoms with Crippen LogP contribution < -0.4 is 10.6 Å². The topological polar surface area (TPSA) is 52.1 Å². The van der Waals surface area contributed by atoms with Gasteiger partial charge in [0.25, 0.3) is 0 Å². The maximum absolute atomic E-state index is 5.46. The van der Waals surface area contributed by atoms with Crippen LogP contribution in [0.5, 0.6) is 0 Å². The smallest absolute Gasteiger partial charge is 0.191 e. The first-order valence-electron chi connectivity index (χ1n) is 10.2. The Morgan fingerprint density at radius 3 is 2.59 bits per heavy atom. The highest BCUT2D eigenvalue weighted by Gasteiger charge is 2.28. The number of hydrogen-bond acceptors (Lipinski definition) is 4. The summed E-state index contributed by atoms with van der Waals surface area (Å²) < 4.78 is 5.46. The molecule has 1 saturated heterocycles. The van der Waals surface area contributed by atoms with E-state index in [2.05, 4.69) is 63.7 Å². The minimum atomic E-state index is 0.504.